The molecule has 0 radical (unpaired) electrons. The summed E-state index contributed by atoms with van der Waals surface area (Å²) >= 11 is 0. The summed E-state index contributed by atoms with van der Waals surface area (Å²) in [5.74, 6) is -0.197. The average molecular weight is 320 g/mol. The number of pyridine rings is 1. The number of rotatable bonds is 6. The highest BCUT2D eigenvalue weighted by Gasteiger charge is 2.10. The summed E-state index contributed by atoms with van der Waals surface area (Å²) in [6.07, 6.45) is 2.92. The van der Waals surface area contributed by atoms with Crippen LogP contribution in [0.2, 0.25) is 0 Å². The van der Waals surface area contributed by atoms with E-state index in [0.29, 0.717) is 17.6 Å². The topological polar surface area (TPSA) is 62.0 Å². The number of carbonyl (C=O) groups excluding carboxylic acids is 1. The monoisotopic (exact) mass is 320 g/mol. The lowest BCUT2D eigenvalue weighted by molar-refractivity contribution is 0.0954. The minimum absolute atomic E-state index is 0.197. The van der Waals surface area contributed by atoms with Crippen LogP contribution in [0.15, 0.2) is 65.5 Å². The molecule has 4 heteroatoms. The predicted octanol–water partition coefficient (Wildman–Crippen LogP) is 3.28. The van der Waals surface area contributed by atoms with Gasteiger partial charge in [0.2, 0.25) is 5.56 Å². The molecule has 1 heterocycles. The van der Waals surface area contributed by atoms with E-state index in [1.807, 2.05) is 36.4 Å². The molecular formula is C20H20N2O2. The smallest absolute Gasteiger partial charge is 0.252 e. The first kappa shape index (κ1) is 16.0. The van der Waals surface area contributed by atoms with Crippen molar-refractivity contribution in [3.63, 3.8) is 0 Å². The van der Waals surface area contributed by atoms with Crippen LogP contribution in [0.3, 0.4) is 0 Å². The second kappa shape index (κ2) is 7.59. The Morgan fingerprint density at radius 3 is 2.54 bits per heavy atom. The molecule has 0 saturated heterocycles. The van der Waals surface area contributed by atoms with Crippen LogP contribution in [0.25, 0.3) is 10.9 Å². The van der Waals surface area contributed by atoms with Gasteiger partial charge < -0.3 is 10.3 Å². The maximum Gasteiger partial charge on any atom is 0.252 e. The third-order valence-electron chi connectivity index (χ3n) is 4.02. The standard InChI is InChI=1S/C20H20N2O2/c23-19-14-17(16-11-4-5-12-18(16)22-19)20(24)21-13-7-6-10-15-8-2-1-3-9-15/h1-5,8-9,11-12,14H,6-7,10,13H2,(H,21,24)(H,22,23). The minimum Gasteiger partial charge on any atom is -0.352 e. The zero-order chi connectivity index (χ0) is 16.8. The van der Waals surface area contributed by atoms with Crippen molar-refractivity contribution >= 4 is 16.8 Å². The van der Waals surface area contributed by atoms with Crippen LogP contribution in [-0.4, -0.2) is 17.4 Å². The van der Waals surface area contributed by atoms with E-state index in [1.165, 1.54) is 11.6 Å². The van der Waals surface area contributed by atoms with Crippen LogP contribution in [-0.2, 0) is 6.42 Å². The Labute approximate surface area is 140 Å². The lowest BCUT2D eigenvalue weighted by atomic mass is 10.1. The maximum atomic E-state index is 12.4. The van der Waals surface area contributed by atoms with Gasteiger partial charge in [-0.25, -0.2) is 0 Å². The third-order valence-corrected chi connectivity index (χ3v) is 4.02. The van der Waals surface area contributed by atoms with E-state index in [0.717, 1.165) is 24.6 Å². The Kier molecular flexibility index (Phi) is 5.06. The molecule has 4 nitrogen and oxygen atoms in total. The SMILES string of the molecule is O=C(NCCCCc1ccccc1)c1cc(=O)[nH]c2ccccc12. The van der Waals surface area contributed by atoms with Crippen molar-refractivity contribution in [2.75, 3.05) is 6.54 Å². The van der Waals surface area contributed by atoms with Crippen LogP contribution in [0.4, 0.5) is 0 Å². The number of aromatic amines is 1. The molecule has 0 aliphatic heterocycles. The van der Waals surface area contributed by atoms with Gasteiger partial charge in [-0.15, -0.1) is 0 Å². The van der Waals surface area contributed by atoms with Gasteiger partial charge >= 0.3 is 0 Å². The fraction of sp³-hybridized carbons (Fsp3) is 0.200. The van der Waals surface area contributed by atoms with Crippen LogP contribution >= 0.6 is 0 Å². The van der Waals surface area contributed by atoms with Crippen molar-refractivity contribution in [1.29, 1.82) is 0 Å². The van der Waals surface area contributed by atoms with Crippen molar-refractivity contribution in [2.45, 2.75) is 19.3 Å². The molecule has 0 aliphatic carbocycles. The summed E-state index contributed by atoms with van der Waals surface area (Å²) in [6, 6.07) is 19.0. The molecule has 0 aliphatic rings. The molecule has 0 atom stereocenters. The fourth-order valence-electron chi connectivity index (χ4n) is 2.79. The molecule has 1 aromatic heterocycles. The predicted molar refractivity (Wildman–Crippen MR) is 96.3 cm³/mol. The van der Waals surface area contributed by atoms with Gasteiger partial charge in [-0.3, -0.25) is 9.59 Å². The van der Waals surface area contributed by atoms with Gasteiger partial charge in [0.15, 0.2) is 0 Å². The van der Waals surface area contributed by atoms with Crippen molar-refractivity contribution in [3.05, 3.63) is 82.1 Å². The summed E-state index contributed by atoms with van der Waals surface area (Å²) < 4.78 is 0. The molecule has 0 fully saturated rings. The molecule has 3 rings (SSSR count). The van der Waals surface area contributed by atoms with Crippen molar-refractivity contribution in [3.8, 4) is 0 Å². The Morgan fingerprint density at radius 1 is 0.958 bits per heavy atom. The summed E-state index contributed by atoms with van der Waals surface area (Å²) in [6.45, 7) is 0.604. The minimum atomic E-state index is -0.261. The molecule has 0 unspecified atom stereocenters. The fourth-order valence-corrected chi connectivity index (χ4v) is 2.79. The Bertz CT molecular complexity index is 885. The number of para-hydroxylation sites is 1. The highest BCUT2D eigenvalue weighted by molar-refractivity contribution is 6.05. The number of benzene rings is 2. The second-order valence-corrected chi connectivity index (χ2v) is 5.79. The van der Waals surface area contributed by atoms with Gasteiger partial charge in [0.1, 0.15) is 0 Å². The summed E-state index contributed by atoms with van der Waals surface area (Å²) in [4.78, 5) is 26.8. The van der Waals surface area contributed by atoms with Crippen molar-refractivity contribution < 1.29 is 4.79 Å². The zero-order valence-electron chi connectivity index (χ0n) is 13.4. The van der Waals surface area contributed by atoms with Gasteiger partial charge in [-0.2, -0.15) is 0 Å². The van der Waals surface area contributed by atoms with Crippen LogP contribution in [0.1, 0.15) is 28.8 Å². The lowest BCUT2D eigenvalue weighted by Gasteiger charge is -2.08. The first-order valence-electron chi connectivity index (χ1n) is 8.18. The molecule has 2 aromatic carbocycles. The lowest BCUT2D eigenvalue weighted by Crippen LogP contribution is -2.26. The number of aryl methyl sites for hydroxylation is 1. The van der Waals surface area contributed by atoms with E-state index in [1.54, 1.807) is 6.07 Å². The molecule has 0 spiro atoms. The molecule has 2 N–H and O–H groups in total. The van der Waals surface area contributed by atoms with Crippen molar-refractivity contribution in [2.24, 2.45) is 0 Å². The summed E-state index contributed by atoms with van der Waals surface area (Å²) in [5, 5.41) is 3.68. The van der Waals surface area contributed by atoms with Gasteiger partial charge in [-0.05, 0) is 30.9 Å². The molecule has 1 amide bonds. The summed E-state index contributed by atoms with van der Waals surface area (Å²) in [7, 11) is 0. The molecule has 24 heavy (non-hydrogen) atoms. The zero-order valence-corrected chi connectivity index (χ0v) is 13.4. The third kappa shape index (κ3) is 3.90. The number of nitrogens with one attached hydrogen (secondary N) is 2. The van der Waals surface area contributed by atoms with Gasteiger partial charge in [-0.1, -0.05) is 48.5 Å². The maximum absolute atomic E-state index is 12.4. The largest absolute Gasteiger partial charge is 0.352 e. The Balaban J connectivity index is 1.57. The first-order valence-corrected chi connectivity index (χ1v) is 8.18. The Hall–Kier alpha value is -2.88. The molecule has 3 aromatic rings. The van der Waals surface area contributed by atoms with Gasteiger partial charge in [0.05, 0.1) is 5.56 Å². The van der Waals surface area contributed by atoms with Crippen LogP contribution in [0, 0.1) is 0 Å². The number of hydrogen-bond acceptors (Lipinski definition) is 2. The van der Waals surface area contributed by atoms with E-state index in [-0.39, 0.29) is 11.5 Å². The van der Waals surface area contributed by atoms with Crippen LogP contribution < -0.4 is 10.9 Å². The van der Waals surface area contributed by atoms with Gasteiger partial charge in [0, 0.05) is 23.5 Å². The number of hydrogen-bond donors (Lipinski definition) is 2. The van der Waals surface area contributed by atoms with E-state index in [4.69, 9.17) is 0 Å². The number of H-pyrrole nitrogens is 1. The first-order chi connectivity index (χ1) is 11.7. The Morgan fingerprint density at radius 2 is 1.71 bits per heavy atom. The molecular weight excluding hydrogens is 300 g/mol. The van der Waals surface area contributed by atoms with E-state index in [2.05, 4.69) is 22.4 Å². The highest BCUT2D eigenvalue weighted by atomic mass is 16.2. The molecule has 122 valence electrons. The number of aromatic nitrogens is 1. The highest BCUT2D eigenvalue weighted by Crippen LogP contribution is 2.14. The number of unbranched alkanes of at least 4 members (excludes halogenated alkanes) is 1. The summed E-state index contributed by atoms with van der Waals surface area (Å²) in [5.41, 5.74) is 2.16. The number of fused-ring (bicyclic) bond motifs is 1. The number of carbonyl (C=O) groups is 1. The van der Waals surface area contributed by atoms with Gasteiger partial charge in [0.25, 0.3) is 5.91 Å². The molecule has 0 bridgehead atoms. The quantitative estimate of drug-likeness (QED) is 0.685. The van der Waals surface area contributed by atoms with E-state index < -0.39 is 0 Å². The normalized spacial score (nSPS) is 10.7. The second-order valence-electron chi connectivity index (χ2n) is 5.79. The van der Waals surface area contributed by atoms with E-state index in [9.17, 15) is 9.59 Å². The number of amides is 1. The van der Waals surface area contributed by atoms with Crippen LogP contribution in [0.5, 0.6) is 0 Å². The van der Waals surface area contributed by atoms with E-state index >= 15 is 0 Å². The van der Waals surface area contributed by atoms with Crippen molar-refractivity contribution in [1.82, 2.24) is 10.3 Å². The molecule has 0 saturated carbocycles. The average Bonchev–Trinajstić information content (AvgIpc) is 2.61.